The molecule has 4 rings (SSSR count). The summed E-state index contributed by atoms with van der Waals surface area (Å²) in [5, 5.41) is 4.05. The highest BCUT2D eigenvalue weighted by atomic mass is 32.2. The molecule has 1 aliphatic carbocycles. The van der Waals surface area contributed by atoms with Crippen molar-refractivity contribution in [3.8, 4) is 0 Å². The van der Waals surface area contributed by atoms with Crippen LogP contribution in [0.4, 0.5) is 5.82 Å². The Kier molecular flexibility index (Phi) is 5.86. The van der Waals surface area contributed by atoms with Crippen LogP contribution in [0.2, 0.25) is 0 Å². The maximum atomic E-state index is 12.9. The van der Waals surface area contributed by atoms with Gasteiger partial charge in [0.15, 0.2) is 9.84 Å². The van der Waals surface area contributed by atoms with Crippen LogP contribution in [0.5, 0.6) is 0 Å². The Morgan fingerprint density at radius 3 is 2.63 bits per heavy atom. The number of sulfone groups is 1. The van der Waals surface area contributed by atoms with Crippen molar-refractivity contribution < 1.29 is 17.9 Å². The van der Waals surface area contributed by atoms with Gasteiger partial charge in [0.05, 0.1) is 23.8 Å². The monoisotopic (exact) mass is 431 g/mol. The molecule has 1 aliphatic heterocycles. The summed E-state index contributed by atoms with van der Waals surface area (Å²) in [4.78, 5) is 14.4. The Hall–Kier alpha value is -2.35. The summed E-state index contributed by atoms with van der Waals surface area (Å²) < 4.78 is 32.7. The van der Waals surface area contributed by atoms with Gasteiger partial charge in [-0.05, 0) is 44.1 Å². The Morgan fingerprint density at radius 1 is 1.23 bits per heavy atom. The molecule has 0 spiro atoms. The fraction of sp³-hybridized carbons (Fsp3) is 0.545. The van der Waals surface area contributed by atoms with Gasteiger partial charge in [0, 0.05) is 19.2 Å². The zero-order chi connectivity index (χ0) is 21.3. The Labute approximate surface area is 177 Å². The lowest BCUT2D eigenvalue weighted by Gasteiger charge is -2.25. The molecule has 2 aromatic rings. The number of carbonyl (C=O) groups excluding carboxylic acids is 1. The molecule has 1 saturated carbocycles. The fourth-order valence-corrected chi connectivity index (χ4v) is 6.35. The number of rotatable bonds is 8. The molecule has 30 heavy (non-hydrogen) atoms. The summed E-state index contributed by atoms with van der Waals surface area (Å²) in [6.07, 6.45) is 3.04. The molecule has 2 aliphatic rings. The van der Waals surface area contributed by atoms with Crippen LogP contribution in [0.15, 0.2) is 36.4 Å². The average molecular weight is 432 g/mol. The van der Waals surface area contributed by atoms with Gasteiger partial charge in [-0.1, -0.05) is 30.3 Å². The van der Waals surface area contributed by atoms with E-state index in [1.54, 1.807) is 0 Å². The lowest BCUT2D eigenvalue weighted by Crippen LogP contribution is -2.38. The highest BCUT2D eigenvalue weighted by Gasteiger charge is 2.45. The highest BCUT2D eigenvalue weighted by molar-refractivity contribution is 7.92. The number of anilines is 1. The summed E-state index contributed by atoms with van der Waals surface area (Å²) in [5.74, 6) is 0.904. The zero-order valence-electron chi connectivity index (χ0n) is 17.5. The number of aromatic nitrogens is 2. The van der Waals surface area contributed by atoms with Gasteiger partial charge in [-0.15, -0.1) is 0 Å². The predicted octanol–water partition coefficient (Wildman–Crippen LogP) is 2.38. The van der Waals surface area contributed by atoms with E-state index in [0.29, 0.717) is 19.0 Å². The van der Waals surface area contributed by atoms with Crippen LogP contribution in [0.3, 0.4) is 0 Å². The Balaban J connectivity index is 1.58. The molecule has 1 unspecified atom stereocenters. The first-order chi connectivity index (χ1) is 14.4. The molecule has 7 nitrogen and oxygen atoms in total. The van der Waals surface area contributed by atoms with E-state index in [2.05, 4.69) is 17.2 Å². The lowest BCUT2D eigenvalue weighted by atomic mass is 10.1. The van der Waals surface area contributed by atoms with Gasteiger partial charge in [-0.25, -0.2) is 17.9 Å². The van der Waals surface area contributed by atoms with Gasteiger partial charge in [-0.3, -0.25) is 0 Å². The fourth-order valence-electron chi connectivity index (χ4n) is 4.23. The van der Waals surface area contributed by atoms with E-state index in [0.717, 1.165) is 30.8 Å². The lowest BCUT2D eigenvalue weighted by molar-refractivity contribution is -0.141. The minimum atomic E-state index is -3.25. The number of hydrogen-bond donors (Lipinski definition) is 0. The van der Waals surface area contributed by atoms with E-state index in [1.165, 1.54) is 12.7 Å². The molecule has 0 N–H and O–H groups in total. The van der Waals surface area contributed by atoms with E-state index in [4.69, 9.17) is 4.74 Å². The molecule has 1 aromatic carbocycles. The summed E-state index contributed by atoms with van der Waals surface area (Å²) in [6, 6.07) is 11.5. The third kappa shape index (κ3) is 4.53. The molecule has 0 amide bonds. The first-order valence-corrected chi connectivity index (χ1v) is 12.2. The first kappa shape index (κ1) is 20.9. The molecule has 1 aromatic heterocycles. The van der Waals surface area contributed by atoms with Crippen LogP contribution in [0, 0.1) is 12.8 Å². The van der Waals surface area contributed by atoms with Crippen molar-refractivity contribution in [3.05, 3.63) is 47.7 Å². The maximum Gasteiger partial charge on any atom is 0.328 e. The third-order valence-electron chi connectivity index (χ3n) is 6.04. The van der Waals surface area contributed by atoms with Crippen LogP contribution < -0.4 is 4.90 Å². The summed E-state index contributed by atoms with van der Waals surface area (Å²) >= 11 is 0. The van der Waals surface area contributed by atoms with Crippen LogP contribution in [-0.4, -0.2) is 54.9 Å². The smallest absolute Gasteiger partial charge is 0.328 e. The number of aryl methyl sites for hydroxylation is 3. The van der Waals surface area contributed by atoms with E-state index in [1.807, 2.05) is 40.8 Å². The predicted molar refractivity (Wildman–Crippen MR) is 115 cm³/mol. The summed E-state index contributed by atoms with van der Waals surface area (Å²) in [7, 11) is -1.90. The number of nitrogens with zero attached hydrogens (tertiary/aromatic N) is 3. The quantitative estimate of drug-likeness (QED) is 0.597. The minimum absolute atomic E-state index is 0.228. The van der Waals surface area contributed by atoms with E-state index in [-0.39, 0.29) is 12.2 Å². The molecule has 1 saturated heterocycles. The standard InChI is InChI=1S/C22H29N3O4S/c1-16-12-21(25(23-16)11-10-17-6-4-3-5-7-17)24-14-19(13-20(24)22(26)29-2)30(27,28)15-18-8-9-18/h3-7,12,18-20H,8-11,13-15H2,1-2H3/t19-,20?/m1/s1. The molecule has 2 fully saturated rings. The number of ether oxygens (including phenoxy) is 1. The van der Waals surface area contributed by atoms with Gasteiger partial charge < -0.3 is 9.64 Å². The minimum Gasteiger partial charge on any atom is -0.467 e. The van der Waals surface area contributed by atoms with Gasteiger partial charge in [0.1, 0.15) is 11.9 Å². The van der Waals surface area contributed by atoms with Gasteiger partial charge in [-0.2, -0.15) is 5.10 Å². The second-order valence-corrected chi connectivity index (χ2v) is 10.8. The molecule has 0 radical (unpaired) electrons. The van der Waals surface area contributed by atoms with Gasteiger partial charge >= 0.3 is 5.97 Å². The number of esters is 1. The van der Waals surface area contributed by atoms with Crippen molar-refractivity contribution in [1.82, 2.24) is 9.78 Å². The van der Waals surface area contributed by atoms with Crippen LogP contribution >= 0.6 is 0 Å². The molecular weight excluding hydrogens is 402 g/mol. The molecule has 2 atom stereocenters. The van der Waals surface area contributed by atoms with Crippen molar-refractivity contribution in [2.24, 2.45) is 5.92 Å². The van der Waals surface area contributed by atoms with Gasteiger partial charge in [0.25, 0.3) is 0 Å². The van der Waals surface area contributed by atoms with E-state index < -0.39 is 27.1 Å². The van der Waals surface area contributed by atoms with Crippen LogP contribution in [0.25, 0.3) is 0 Å². The Bertz CT molecular complexity index is 999. The van der Waals surface area contributed by atoms with Crippen LogP contribution in [0.1, 0.15) is 30.5 Å². The van der Waals surface area contributed by atoms with Crippen molar-refractivity contribution in [2.45, 2.75) is 50.4 Å². The zero-order valence-corrected chi connectivity index (χ0v) is 18.3. The molecule has 8 heteroatoms. The molecule has 0 bridgehead atoms. The summed E-state index contributed by atoms with van der Waals surface area (Å²) in [5.41, 5.74) is 2.04. The average Bonchev–Trinajstić information content (AvgIpc) is 3.27. The molecular formula is C22H29N3O4S. The second-order valence-electron chi connectivity index (χ2n) is 8.42. The molecule has 2 heterocycles. The highest BCUT2D eigenvalue weighted by Crippen LogP contribution is 2.35. The van der Waals surface area contributed by atoms with Crippen molar-refractivity contribution in [2.75, 3.05) is 24.3 Å². The SMILES string of the molecule is COC(=O)C1C[C@@H](S(=O)(=O)CC2CC2)CN1c1cc(C)nn1CCc1ccccc1. The Morgan fingerprint density at radius 2 is 1.97 bits per heavy atom. The maximum absolute atomic E-state index is 12.9. The molecule has 162 valence electrons. The number of methoxy groups -OCH3 is 1. The van der Waals surface area contributed by atoms with E-state index >= 15 is 0 Å². The van der Waals surface area contributed by atoms with Crippen LogP contribution in [-0.2, 0) is 32.3 Å². The van der Waals surface area contributed by atoms with Crippen molar-refractivity contribution in [3.63, 3.8) is 0 Å². The number of carbonyl (C=O) groups is 1. The second kappa shape index (κ2) is 8.41. The van der Waals surface area contributed by atoms with E-state index in [9.17, 15) is 13.2 Å². The largest absolute Gasteiger partial charge is 0.467 e. The number of hydrogen-bond acceptors (Lipinski definition) is 6. The number of benzene rings is 1. The normalized spacial score (nSPS) is 21.7. The topological polar surface area (TPSA) is 81.5 Å². The first-order valence-electron chi connectivity index (χ1n) is 10.5. The van der Waals surface area contributed by atoms with Crippen molar-refractivity contribution >= 4 is 21.6 Å². The van der Waals surface area contributed by atoms with Gasteiger partial charge in [0.2, 0.25) is 0 Å². The summed E-state index contributed by atoms with van der Waals surface area (Å²) in [6.45, 7) is 2.86. The third-order valence-corrected chi connectivity index (χ3v) is 8.33. The van der Waals surface area contributed by atoms with Crippen molar-refractivity contribution in [1.29, 1.82) is 0 Å².